The highest BCUT2D eigenvalue weighted by molar-refractivity contribution is 9.10. The number of nitrogens with one attached hydrogen (secondary N) is 1. The Balaban J connectivity index is 2.05. The monoisotopic (exact) mass is 355 g/mol. The van der Waals surface area contributed by atoms with Crippen LogP contribution in [0.1, 0.15) is 39.5 Å². The molecule has 0 heterocycles. The molecule has 2 nitrogen and oxygen atoms in total. The normalized spacial score (nSPS) is 17.4. The molecule has 1 aliphatic carbocycles. The first-order chi connectivity index (χ1) is 9.58. The molecule has 1 saturated carbocycles. The molecule has 1 aliphatic rings. The van der Waals surface area contributed by atoms with Crippen molar-refractivity contribution in [1.82, 2.24) is 0 Å². The number of amides is 1. The lowest BCUT2D eigenvalue weighted by Gasteiger charge is -2.17. The van der Waals surface area contributed by atoms with Gasteiger partial charge in [-0.1, -0.05) is 54.8 Å². The van der Waals surface area contributed by atoms with Crippen LogP contribution in [0.4, 0.5) is 5.69 Å². The lowest BCUT2D eigenvalue weighted by atomic mass is 10.1. The number of hydrogen-bond acceptors (Lipinski definition) is 2. The van der Waals surface area contributed by atoms with Crippen molar-refractivity contribution in [2.45, 2.75) is 54.5 Å². The molecule has 20 heavy (non-hydrogen) atoms. The van der Waals surface area contributed by atoms with Gasteiger partial charge in [-0.2, -0.15) is 0 Å². The summed E-state index contributed by atoms with van der Waals surface area (Å²) >= 11 is 5.37. The van der Waals surface area contributed by atoms with Crippen LogP contribution in [0, 0.1) is 5.92 Å². The molecular formula is C16H22BrNOS. The third kappa shape index (κ3) is 4.26. The Kier molecular flexibility index (Phi) is 5.97. The largest absolute Gasteiger partial charge is 0.324 e. The first-order valence-electron chi connectivity index (χ1n) is 7.28. The van der Waals surface area contributed by atoms with E-state index in [0.717, 1.165) is 5.69 Å². The van der Waals surface area contributed by atoms with Crippen molar-refractivity contribution in [1.29, 1.82) is 0 Å². The van der Waals surface area contributed by atoms with Gasteiger partial charge >= 0.3 is 0 Å². The molecule has 1 atom stereocenters. The van der Waals surface area contributed by atoms with Crippen molar-refractivity contribution in [3.8, 4) is 0 Å². The number of carbonyl (C=O) groups is 1. The lowest BCUT2D eigenvalue weighted by Crippen LogP contribution is -2.27. The third-order valence-corrected chi connectivity index (χ3v) is 6.46. The van der Waals surface area contributed by atoms with Crippen LogP contribution in [-0.2, 0) is 4.79 Å². The van der Waals surface area contributed by atoms with Crippen molar-refractivity contribution < 1.29 is 4.79 Å². The number of halogens is 1. The molecule has 0 saturated heterocycles. The van der Waals surface area contributed by atoms with Crippen molar-refractivity contribution in [2.24, 2.45) is 5.92 Å². The maximum atomic E-state index is 12.2. The van der Waals surface area contributed by atoms with E-state index in [1.165, 1.54) is 30.6 Å². The van der Waals surface area contributed by atoms with Crippen LogP contribution in [-0.4, -0.2) is 16.0 Å². The summed E-state index contributed by atoms with van der Waals surface area (Å²) in [7, 11) is 0. The van der Waals surface area contributed by atoms with Gasteiger partial charge in [0, 0.05) is 10.1 Å². The highest BCUT2D eigenvalue weighted by Crippen LogP contribution is 2.38. The molecule has 1 aromatic carbocycles. The minimum atomic E-state index is -0.146. The second-order valence-electron chi connectivity index (χ2n) is 5.66. The fourth-order valence-electron chi connectivity index (χ4n) is 2.36. The zero-order valence-corrected chi connectivity index (χ0v) is 14.5. The average Bonchev–Trinajstić information content (AvgIpc) is 2.92. The fourth-order valence-corrected chi connectivity index (χ4v) is 3.81. The molecule has 1 aromatic rings. The van der Waals surface area contributed by atoms with Gasteiger partial charge in [-0.3, -0.25) is 4.79 Å². The van der Waals surface area contributed by atoms with Crippen LogP contribution in [0.25, 0.3) is 0 Å². The minimum Gasteiger partial charge on any atom is -0.324 e. The van der Waals surface area contributed by atoms with Crippen LogP contribution < -0.4 is 5.32 Å². The van der Waals surface area contributed by atoms with E-state index in [0.29, 0.717) is 5.25 Å². The predicted octanol–water partition coefficient (Wildman–Crippen LogP) is 5.08. The number of benzene rings is 1. The molecule has 0 aliphatic heterocycles. The Hall–Kier alpha value is -0.480. The fraction of sp³-hybridized carbons (Fsp3) is 0.562. The SMILES string of the molecule is CC(C)C(Br)C(=O)Nc1ccccc1SC1CCCC1. The molecule has 1 amide bonds. The standard InChI is InChI=1S/C16H22BrNOS/c1-11(2)15(17)16(19)18-13-9-5-6-10-14(13)20-12-7-3-4-8-12/h5-6,9-12,15H,3-4,7-8H2,1-2H3,(H,18,19). The first-order valence-corrected chi connectivity index (χ1v) is 9.08. The first kappa shape index (κ1) is 15.9. The summed E-state index contributed by atoms with van der Waals surface area (Å²) in [5.74, 6) is 0.323. The van der Waals surface area contributed by atoms with Gasteiger partial charge in [-0.25, -0.2) is 0 Å². The van der Waals surface area contributed by atoms with Gasteiger partial charge in [0.2, 0.25) is 5.91 Å². The molecule has 0 spiro atoms. The van der Waals surface area contributed by atoms with Crippen LogP contribution in [0.3, 0.4) is 0 Å². The summed E-state index contributed by atoms with van der Waals surface area (Å²) in [5, 5.41) is 3.77. The summed E-state index contributed by atoms with van der Waals surface area (Å²) < 4.78 is 0. The van der Waals surface area contributed by atoms with Gasteiger partial charge in [0.05, 0.1) is 10.5 Å². The number of thioether (sulfide) groups is 1. The molecule has 1 N–H and O–H groups in total. The second kappa shape index (κ2) is 7.51. The molecule has 2 rings (SSSR count). The van der Waals surface area contributed by atoms with E-state index in [4.69, 9.17) is 0 Å². The molecule has 0 bridgehead atoms. The van der Waals surface area contributed by atoms with Gasteiger partial charge in [0.1, 0.15) is 0 Å². The van der Waals surface area contributed by atoms with Crippen molar-refractivity contribution in [2.75, 3.05) is 5.32 Å². The van der Waals surface area contributed by atoms with E-state index in [1.54, 1.807) is 0 Å². The topological polar surface area (TPSA) is 29.1 Å². The molecule has 0 aromatic heterocycles. The minimum absolute atomic E-state index is 0.0412. The van der Waals surface area contributed by atoms with E-state index < -0.39 is 0 Å². The van der Waals surface area contributed by atoms with E-state index >= 15 is 0 Å². The highest BCUT2D eigenvalue weighted by atomic mass is 79.9. The van der Waals surface area contributed by atoms with Crippen molar-refractivity contribution in [3.05, 3.63) is 24.3 Å². The number of rotatable bonds is 5. The van der Waals surface area contributed by atoms with Crippen molar-refractivity contribution >= 4 is 39.3 Å². The molecule has 110 valence electrons. The lowest BCUT2D eigenvalue weighted by molar-refractivity contribution is -0.116. The number of anilines is 1. The van der Waals surface area contributed by atoms with Crippen LogP contribution in [0.2, 0.25) is 0 Å². The number of carbonyl (C=O) groups excluding carboxylic acids is 1. The highest BCUT2D eigenvalue weighted by Gasteiger charge is 2.21. The third-order valence-electron chi connectivity index (χ3n) is 3.58. The molecule has 4 heteroatoms. The van der Waals surface area contributed by atoms with Crippen molar-refractivity contribution in [3.63, 3.8) is 0 Å². The molecule has 1 unspecified atom stereocenters. The van der Waals surface area contributed by atoms with E-state index in [1.807, 2.05) is 43.8 Å². The van der Waals surface area contributed by atoms with E-state index in [9.17, 15) is 4.79 Å². The van der Waals surface area contributed by atoms with E-state index in [2.05, 4.69) is 27.3 Å². The molecule has 0 radical (unpaired) electrons. The number of alkyl halides is 1. The Morgan fingerprint density at radius 1 is 1.30 bits per heavy atom. The molecule has 1 fully saturated rings. The summed E-state index contributed by atoms with van der Waals surface area (Å²) in [5.41, 5.74) is 0.944. The second-order valence-corrected chi connectivity index (χ2v) is 7.98. The van der Waals surface area contributed by atoms with Gasteiger partial charge in [-0.05, 0) is 30.9 Å². The zero-order valence-electron chi connectivity index (χ0n) is 12.1. The van der Waals surface area contributed by atoms with Crippen LogP contribution in [0.5, 0.6) is 0 Å². The summed E-state index contributed by atoms with van der Waals surface area (Å²) in [4.78, 5) is 13.2. The molecular weight excluding hydrogens is 334 g/mol. The van der Waals surface area contributed by atoms with Gasteiger partial charge < -0.3 is 5.32 Å². The van der Waals surface area contributed by atoms with Crippen LogP contribution >= 0.6 is 27.7 Å². The quantitative estimate of drug-likeness (QED) is 0.746. The zero-order chi connectivity index (χ0) is 14.5. The Morgan fingerprint density at radius 3 is 2.60 bits per heavy atom. The number of hydrogen-bond donors (Lipinski definition) is 1. The van der Waals surface area contributed by atoms with Gasteiger partial charge in [0.25, 0.3) is 0 Å². The Morgan fingerprint density at radius 2 is 1.95 bits per heavy atom. The van der Waals surface area contributed by atoms with Gasteiger partial charge in [0.15, 0.2) is 0 Å². The Labute approximate surface area is 134 Å². The maximum Gasteiger partial charge on any atom is 0.238 e. The smallest absolute Gasteiger partial charge is 0.238 e. The summed E-state index contributed by atoms with van der Waals surface area (Å²) in [6.07, 6.45) is 5.26. The predicted molar refractivity (Wildman–Crippen MR) is 90.7 cm³/mol. The maximum absolute atomic E-state index is 12.2. The Bertz CT molecular complexity index is 458. The average molecular weight is 356 g/mol. The van der Waals surface area contributed by atoms with Gasteiger partial charge in [-0.15, -0.1) is 11.8 Å². The van der Waals surface area contributed by atoms with E-state index in [-0.39, 0.29) is 16.7 Å². The summed E-state index contributed by atoms with van der Waals surface area (Å²) in [6.45, 7) is 4.08. The summed E-state index contributed by atoms with van der Waals surface area (Å²) in [6, 6.07) is 8.13. The number of para-hydroxylation sites is 1. The van der Waals surface area contributed by atoms with Crippen LogP contribution in [0.15, 0.2) is 29.2 Å².